The number of carbonyl (C=O) groups is 2. The number of nitrogens with one attached hydrogen (secondary N) is 4. The Hall–Kier alpha value is -2.44. The molecule has 4 aliphatic heterocycles. The van der Waals surface area contributed by atoms with Crippen molar-refractivity contribution in [1.82, 2.24) is 21.3 Å². The number of ether oxygens (including phenoxy) is 1. The Morgan fingerprint density at radius 2 is 2.09 bits per heavy atom. The van der Waals surface area contributed by atoms with E-state index < -0.39 is 12.4 Å². The van der Waals surface area contributed by atoms with Crippen molar-refractivity contribution in [2.75, 3.05) is 24.5 Å². The molecule has 1 aromatic rings. The first-order chi connectivity index (χ1) is 16.2. The van der Waals surface area contributed by atoms with Gasteiger partial charge in [-0.3, -0.25) is 9.69 Å². The molecule has 1 aromatic carbocycles. The van der Waals surface area contributed by atoms with Crippen LogP contribution in [-0.2, 0) is 4.79 Å². The lowest BCUT2D eigenvalue weighted by atomic mass is 9.86. The zero-order valence-corrected chi connectivity index (χ0v) is 19.3. The molecule has 5 rings (SSSR count). The number of thioether (sulfide) groups is 1. The van der Waals surface area contributed by atoms with E-state index in [-0.39, 0.29) is 35.0 Å². The van der Waals surface area contributed by atoms with Crippen molar-refractivity contribution in [3.8, 4) is 5.75 Å². The molecule has 12 heteroatoms. The number of carbonyl (C=O) groups excluding carboxylic acids is 2. The van der Waals surface area contributed by atoms with E-state index in [0.717, 1.165) is 25.9 Å². The van der Waals surface area contributed by atoms with Crippen LogP contribution < -0.4 is 30.9 Å². The van der Waals surface area contributed by atoms with E-state index in [1.165, 1.54) is 30.0 Å². The number of benzene rings is 1. The average molecular weight is 498 g/mol. The number of rotatable bonds is 4. The number of aryl methyl sites for hydroxylation is 1. The van der Waals surface area contributed by atoms with Gasteiger partial charge >= 0.3 is 12.4 Å². The minimum absolute atomic E-state index is 0.0530. The molecule has 0 spiro atoms. The van der Waals surface area contributed by atoms with Crippen LogP contribution in [0.4, 0.5) is 23.7 Å². The summed E-state index contributed by atoms with van der Waals surface area (Å²) in [4.78, 5) is 28.5. The van der Waals surface area contributed by atoms with Crippen molar-refractivity contribution in [3.63, 3.8) is 0 Å². The van der Waals surface area contributed by atoms with Gasteiger partial charge in [0.1, 0.15) is 5.75 Å². The summed E-state index contributed by atoms with van der Waals surface area (Å²) in [7, 11) is 0. The predicted octanol–water partition coefficient (Wildman–Crippen LogP) is 2.55. The quantitative estimate of drug-likeness (QED) is 0.511. The third kappa shape index (κ3) is 4.46. The molecule has 0 aromatic heterocycles. The zero-order valence-electron chi connectivity index (χ0n) is 18.5. The fourth-order valence-electron chi connectivity index (χ4n) is 5.22. The van der Waals surface area contributed by atoms with Gasteiger partial charge in [0.25, 0.3) is 5.91 Å². The van der Waals surface area contributed by atoms with Gasteiger partial charge in [-0.2, -0.15) is 0 Å². The number of amides is 3. The Morgan fingerprint density at radius 3 is 2.79 bits per heavy atom. The molecule has 0 radical (unpaired) electrons. The van der Waals surface area contributed by atoms with Gasteiger partial charge in [-0.25, -0.2) is 4.79 Å². The third-order valence-corrected chi connectivity index (χ3v) is 8.00. The van der Waals surface area contributed by atoms with Crippen LogP contribution >= 0.6 is 11.8 Å². The highest BCUT2D eigenvalue weighted by atomic mass is 32.2. The molecule has 3 fully saturated rings. The summed E-state index contributed by atoms with van der Waals surface area (Å²) in [6.45, 7) is 3.97. The maximum Gasteiger partial charge on any atom is 0.573 e. The molecular weight excluding hydrogens is 471 g/mol. The molecule has 3 saturated heterocycles. The summed E-state index contributed by atoms with van der Waals surface area (Å²) in [6, 6.07) is 3.41. The van der Waals surface area contributed by atoms with Crippen LogP contribution in [0, 0.1) is 12.8 Å². The van der Waals surface area contributed by atoms with Gasteiger partial charge in [0.05, 0.1) is 16.3 Å². The number of anilines is 1. The van der Waals surface area contributed by atoms with Crippen LogP contribution in [0.5, 0.6) is 5.75 Å². The summed E-state index contributed by atoms with van der Waals surface area (Å²) < 4.78 is 41.8. The van der Waals surface area contributed by atoms with Crippen molar-refractivity contribution >= 4 is 29.4 Å². The Balaban J connectivity index is 1.41. The number of alkyl halides is 3. The standard InChI is InChI=1S/C22H26F3N5O3S/c1-11-9-13(33-22(23,24)25)4-5-14(11)30-15-6-8-27-20-16(15)17(29-21(30)32)18(34-20)19(31)28-12-3-2-7-26-10-12/h4-5,9,12,15-16,20,26-27H,2-3,6-8,10H2,1H3,(H,28,31)(H,29,32)/t12-,15?,16?,20?/m1/s1. The summed E-state index contributed by atoms with van der Waals surface area (Å²) >= 11 is 1.43. The first-order valence-electron chi connectivity index (χ1n) is 11.3. The molecule has 0 saturated carbocycles. The molecule has 3 amide bonds. The molecule has 0 bridgehead atoms. The van der Waals surface area contributed by atoms with Gasteiger partial charge in [0.2, 0.25) is 0 Å². The number of hydrogen-bond acceptors (Lipinski definition) is 6. The van der Waals surface area contributed by atoms with E-state index in [1.54, 1.807) is 11.8 Å². The van der Waals surface area contributed by atoms with Gasteiger partial charge in [0, 0.05) is 29.9 Å². The fourth-order valence-corrected chi connectivity index (χ4v) is 6.62. The smallest absolute Gasteiger partial charge is 0.406 e. The van der Waals surface area contributed by atoms with Gasteiger partial charge in [-0.05, 0) is 63.0 Å². The van der Waals surface area contributed by atoms with Crippen LogP contribution in [0.15, 0.2) is 28.8 Å². The van der Waals surface area contributed by atoms with E-state index in [4.69, 9.17) is 0 Å². The van der Waals surface area contributed by atoms with Crippen molar-refractivity contribution in [2.24, 2.45) is 5.92 Å². The minimum Gasteiger partial charge on any atom is -0.406 e. The van der Waals surface area contributed by atoms with Crippen LogP contribution in [0.2, 0.25) is 0 Å². The first-order valence-corrected chi connectivity index (χ1v) is 12.2. The van der Waals surface area contributed by atoms with Gasteiger partial charge in [0.15, 0.2) is 0 Å². The van der Waals surface area contributed by atoms with Crippen LogP contribution in [0.1, 0.15) is 24.8 Å². The van der Waals surface area contributed by atoms with Gasteiger partial charge in [-0.1, -0.05) is 11.8 Å². The second-order valence-electron chi connectivity index (χ2n) is 8.93. The molecule has 3 unspecified atom stereocenters. The van der Waals surface area contributed by atoms with Crippen molar-refractivity contribution in [2.45, 2.75) is 50.0 Å². The highest BCUT2D eigenvalue weighted by Crippen LogP contribution is 2.48. The second kappa shape index (κ2) is 8.97. The van der Waals surface area contributed by atoms with E-state index >= 15 is 0 Å². The maximum absolute atomic E-state index is 13.3. The van der Waals surface area contributed by atoms with Gasteiger partial charge < -0.3 is 26.0 Å². The van der Waals surface area contributed by atoms with E-state index in [0.29, 0.717) is 34.8 Å². The predicted molar refractivity (Wildman–Crippen MR) is 121 cm³/mol. The lowest BCUT2D eigenvalue weighted by molar-refractivity contribution is -0.274. The summed E-state index contributed by atoms with van der Waals surface area (Å²) in [5, 5.41) is 12.7. The minimum atomic E-state index is -4.79. The molecule has 0 aliphatic carbocycles. The summed E-state index contributed by atoms with van der Waals surface area (Å²) in [5.41, 5.74) is 1.64. The average Bonchev–Trinajstić information content (AvgIpc) is 3.14. The number of nitrogens with zero attached hydrogens (tertiary/aromatic N) is 1. The molecule has 4 N–H and O–H groups in total. The maximum atomic E-state index is 13.3. The number of piperidine rings is 2. The molecule has 34 heavy (non-hydrogen) atoms. The Morgan fingerprint density at radius 1 is 1.26 bits per heavy atom. The van der Waals surface area contributed by atoms with Gasteiger partial charge in [-0.15, -0.1) is 13.2 Å². The summed E-state index contributed by atoms with van der Waals surface area (Å²) in [5.74, 6) is -0.642. The Bertz CT molecular complexity index is 1030. The first kappa shape index (κ1) is 23.3. The highest BCUT2D eigenvalue weighted by molar-refractivity contribution is 8.04. The van der Waals surface area contributed by atoms with Crippen molar-refractivity contribution in [1.29, 1.82) is 0 Å². The molecule has 4 aliphatic rings. The normalized spacial score (nSPS) is 28.9. The zero-order chi connectivity index (χ0) is 24.0. The monoisotopic (exact) mass is 497 g/mol. The van der Waals surface area contributed by atoms with Crippen molar-refractivity contribution in [3.05, 3.63) is 34.4 Å². The van der Waals surface area contributed by atoms with Crippen molar-refractivity contribution < 1.29 is 27.5 Å². The van der Waals surface area contributed by atoms with Crippen LogP contribution in [0.25, 0.3) is 0 Å². The lowest BCUT2D eigenvalue weighted by Gasteiger charge is -2.46. The molecule has 4 atom stereocenters. The SMILES string of the molecule is Cc1cc(OC(F)(F)F)ccc1N1C(=O)NC2=C(C(=O)N[C@@H]3CCCNC3)SC3NCCC1C23. The molecular formula is C22H26F3N5O3S. The fraction of sp³-hybridized carbons (Fsp3) is 0.545. The van der Waals surface area contributed by atoms with E-state index in [9.17, 15) is 22.8 Å². The number of urea groups is 1. The van der Waals surface area contributed by atoms with Crippen LogP contribution in [0.3, 0.4) is 0 Å². The molecule has 8 nitrogen and oxygen atoms in total. The lowest BCUT2D eigenvalue weighted by Crippen LogP contribution is -2.62. The third-order valence-electron chi connectivity index (χ3n) is 6.64. The Labute approximate surface area is 199 Å². The molecule has 184 valence electrons. The number of hydrogen-bond donors (Lipinski definition) is 4. The summed E-state index contributed by atoms with van der Waals surface area (Å²) in [6.07, 6.45) is -2.23. The highest BCUT2D eigenvalue weighted by Gasteiger charge is 2.52. The topological polar surface area (TPSA) is 94.7 Å². The largest absolute Gasteiger partial charge is 0.573 e. The Kier molecular flexibility index (Phi) is 6.15. The molecule has 4 heterocycles. The van der Waals surface area contributed by atoms with Crippen LogP contribution in [-0.4, -0.2) is 55.4 Å². The van der Waals surface area contributed by atoms with E-state index in [2.05, 4.69) is 26.0 Å². The number of halogens is 3. The second-order valence-corrected chi connectivity index (χ2v) is 10.1. The van der Waals surface area contributed by atoms with E-state index in [1.807, 2.05) is 0 Å².